The predicted molar refractivity (Wildman–Crippen MR) is 102 cm³/mol. The van der Waals surface area contributed by atoms with Gasteiger partial charge in [-0.15, -0.1) is 0 Å². The Kier molecular flexibility index (Phi) is 5.94. The van der Waals surface area contributed by atoms with Gasteiger partial charge < -0.3 is 9.47 Å². The lowest BCUT2D eigenvalue weighted by atomic mass is 10.1. The second-order valence-corrected chi connectivity index (χ2v) is 6.80. The molecular formula is C21H23FN4O2. The van der Waals surface area contributed by atoms with Gasteiger partial charge in [0.2, 0.25) is 0 Å². The van der Waals surface area contributed by atoms with E-state index in [1.807, 2.05) is 18.3 Å². The minimum absolute atomic E-state index is 0.0668. The second kappa shape index (κ2) is 8.95. The Hall–Kier alpha value is -2.77. The average molecular weight is 382 g/mol. The fourth-order valence-corrected chi connectivity index (χ4v) is 3.28. The fourth-order valence-electron chi connectivity index (χ4n) is 3.28. The van der Waals surface area contributed by atoms with Crippen molar-refractivity contribution in [3.05, 3.63) is 77.6 Å². The standard InChI is InChI=1S/C21H23FN4O2/c22-18-5-1-2-6-20(18)27-10-7-17-12-19(25-24-17)21-15-26(9-11-28-21)14-16-4-3-8-23-13-16/h1-6,8,12-13,21H,7,9-11,14-15H2,(H,24,25)/t21-/m0/s1. The summed E-state index contributed by atoms with van der Waals surface area (Å²) >= 11 is 0. The number of benzene rings is 1. The van der Waals surface area contributed by atoms with E-state index in [0.717, 1.165) is 31.0 Å². The van der Waals surface area contributed by atoms with Gasteiger partial charge in [0.1, 0.15) is 6.10 Å². The first-order chi connectivity index (χ1) is 13.8. The highest BCUT2D eigenvalue weighted by molar-refractivity contribution is 5.23. The van der Waals surface area contributed by atoms with Crippen LogP contribution >= 0.6 is 0 Å². The highest BCUT2D eigenvalue weighted by atomic mass is 19.1. The smallest absolute Gasteiger partial charge is 0.165 e. The second-order valence-electron chi connectivity index (χ2n) is 6.80. The SMILES string of the molecule is Fc1ccccc1OCCc1cc([C@@H]2CN(Cc3cccnc3)CCO2)n[nH]1. The van der Waals surface area contributed by atoms with Gasteiger partial charge in [0.05, 0.1) is 18.9 Å². The van der Waals surface area contributed by atoms with Gasteiger partial charge in [-0.2, -0.15) is 5.10 Å². The maximum absolute atomic E-state index is 13.6. The number of aromatic amines is 1. The maximum Gasteiger partial charge on any atom is 0.165 e. The van der Waals surface area contributed by atoms with E-state index in [9.17, 15) is 4.39 Å². The third-order valence-corrected chi connectivity index (χ3v) is 4.73. The number of para-hydroxylation sites is 1. The molecule has 0 bridgehead atoms. The topological polar surface area (TPSA) is 63.3 Å². The summed E-state index contributed by atoms with van der Waals surface area (Å²) in [6.07, 6.45) is 4.23. The molecule has 0 radical (unpaired) electrons. The summed E-state index contributed by atoms with van der Waals surface area (Å²) in [4.78, 5) is 6.52. The van der Waals surface area contributed by atoms with Crippen LogP contribution in [0.3, 0.4) is 0 Å². The van der Waals surface area contributed by atoms with E-state index in [0.29, 0.717) is 19.6 Å². The molecule has 0 saturated carbocycles. The highest BCUT2D eigenvalue weighted by Crippen LogP contribution is 2.22. The third-order valence-electron chi connectivity index (χ3n) is 4.73. The Bertz CT molecular complexity index is 887. The Morgan fingerprint density at radius 1 is 1.25 bits per heavy atom. The minimum Gasteiger partial charge on any atom is -0.490 e. The summed E-state index contributed by atoms with van der Waals surface area (Å²) in [7, 11) is 0. The van der Waals surface area contributed by atoms with Gasteiger partial charge in [0.15, 0.2) is 11.6 Å². The molecule has 0 aliphatic carbocycles. The van der Waals surface area contributed by atoms with Crippen LogP contribution in [0.15, 0.2) is 54.9 Å². The summed E-state index contributed by atoms with van der Waals surface area (Å²) in [5.74, 6) is -0.0824. The number of halogens is 1. The van der Waals surface area contributed by atoms with Gasteiger partial charge in [-0.3, -0.25) is 15.0 Å². The zero-order valence-electron chi connectivity index (χ0n) is 15.6. The zero-order valence-corrected chi connectivity index (χ0v) is 15.6. The zero-order chi connectivity index (χ0) is 19.2. The molecule has 1 atom stereocenters. The van der Waals surface area contributed by atoms with Crippen LogP contribution in [-0.4, -0.2) is 46.4 Å². The van der Waals surface area contributed by atoms with Crippen LogP contribution < -0.4 is 4.74 Å². The summed E-state index contributed by atoms with van der Waals surface area (Å²) in [6, 6.07) is 12.5. The van der Waals surface area contributed by atoms with Crippen molar-refractivity contribution in [2.75, 3.05) is 26.3 Å². The molecule has 1 fully saturated rings. The molecule has 1 aliphatic rings. The first-order valence-corrected chi connectivity index (χ1v) is 9.42. The monoisotopic (exact) mass is 382 g/mol. The molecule has 146 valence electrons. The Morgan fingerprint density at radius 2 is 2.18 bits per heavy atom. The van der Waals surface area contributed by atoms with Crippen molar-refractivity contribution < 1.29 is 13.9 Å². The van der Waals surface area contributed by atoms with Crippen molar-refractivity contribution in [1.29, 1.82) is 0 Å². The van der Waals surface area contributed by atoms with Gasteiger partial charge in [-0.1, -0.05) is 18.2 Å². The number of nitrogens with zero attached hydrogens (tertiary/aromatic N) is 3. The van der Waals surface area contributed by atoms with Crippen LogP contribution in [0.1, 0.15) is 23.1 Å². The normalized spacial score (nSPS) is 17.5. The number of pyridine rings is 1. The molecule has 2 aromatic heterocycles. The number of H-pyrrole nitrogens is 1. The van der Waals surface area contributed by atoms with Crippen LogP contribution in [-0.2, 0) is 17.7 Å². The van der Waals surface area contributed by atoms with Gasteiger partial charge in [0.25, 0.3) is 0 Å². The largest absolute Gasteiger partial charge is 0.490 e. The maximum atomic E-state index is 13.6. The Balaban J connectivity index is 1.30. The van der Waals surface area contributed by atoms with Gasteiger partial charge in [-0.05, 0) is 29.8 Å². The Morgan fingerprint density at radius 3 is 3.04 bits per heavy atom. The third kappa shape index (κ3) is 4.74. The molecule has 4 rings (SSSR count). The molecule has 0 spiro atoms. The van der Waals surface area contributed by atoms with Gasteiger partial charge in [-0.25, -0.2) is 4.39 Å². The summed E-state index contributed by atoms with van der Waals surface area (Å²) in [5.41, 5.74) is 3.02. The lowest BCUT2D eigenvalue weighted by molar-refractivity contribution is -0.0350. The molecular weight excluding hydrogens is 359 g/mol. The molecule has 0 amide bonds. The van der Waals surface area contributed by atoms with Crippen molar-refractivity contribution in [3.8, 4) is 5.75 Å². The van der Waals surface area contributed by atoms with Crippen molar-refractivity contribution in [3.63, 3.8) is 0 Å². The average Bonchev–Trinajstić information content (AvgIpc) is 3.19. The highest BCUT2D eigenvalue weighted by Gasteiger charge is 2.24. The first kappa shape index (κ1) is 18.6. The quantitative estimate of drug-likeness (QED) is 0.680. The van der Waals surface area contributed by atoms with Crippen LogP contribution in [0.5, 0.6) is 5.75 Å². The van der Waals surface area contributed by atoms with Crippen LogP contribution in [0.4, 0.5) is 4.39 Å². The molecule has 28 heavy (non-hydrogen) atoms. The molecule has 0 unspecified atom stereocenters. The van der Waals surface area contributed by atoms with E-state index in [-0.39, 0.29) is 17.7 Å². The van der Waals surface area contributed by atoms with E-state index in [2.05, 4.69) is 26.1 Å². The molecule has 7 heteroatoms. The predicted octanol–water partition coefficient (Wildman–Crippen LogP) is 3.14. The number of hydrogen-bond donors (Lipinski definition) is 1. The molecule has 1 N–H and O–H groups in total. The van der Waals surface area contributed by atoms with Crippen LogP contribution in [0, 0.1) is 5.82 Å². The molecule has 3 heterocycles. The van der Waals surface area contributed by atoms with Crippen molar-refractivity contribution >= 4 is 0 Å². The molecule has 1 saturated heterocycles. The number of morpholine rings is 1. The van der Waals surface area contributed by atoms with Crippen molar-refractivity contribution in [1.82, 2.24) is 20.1 Å². The first-order valence-electron chi connectivity index (χ1n) is 9.42. The summed E-state index contributed by atoms with van der Waals surface area (Å²) in [6.45, 7) is 3.57. The van der Waals surface area contributed by atoms with Gasteiger partial charge in [0, 0.05) is 44.1 Å². The van der Waals surface area contributed by atoms with E-state index in [1.165, 1.54) is 11.6 Å². The number of hydrogen-bond acceptors (Lipinski definition) is 5. The van der Waals surface area contributed by atoms with E-state index in [1.54, 1.807) is 24.4 Å². The van der Waals surface area contributed by atoms with Crippen LogP contribution in [0.2, 0.25) is 0 Å². The number of rotatable bonds is 7. The number of aromatic nitrogens is 3. The lowest BCUT2D eigenvalue weighted by Crippen LogP contribution is -2.37. The molecule has 6 nitrogen and oxygen atoms in total. The molecule has 3 aromatic rings. The van der Waals surface area contributed by atoms with E-state index < -0.39 is 0 Å². The van der Waals surface area contributed by atoms with Crippen molar-refractivity contribution in [2.24, 2.45) is 0 Å². The summed E-state index contributed by atoms with van der Waals surface area (Å²) < 4.78 is 25.0. The number of nitrogens with one attached hydrogen (secondary N) is 1. The lowest BCUT2D eigenvalue weighted by Gasteiger charge is -2.32. The minimum atomic E-state index is -0.350. The Labute approximate surface area is 163 Å². The fraction of sp³-hybridized carbons (Fsp3) is 0.333. The summed E-state index contributed by atoms with van der Waals surface area (Å²) in [5, 5.41) is 7.44. The number of ether oxygens (including phenoxy) is 2. The van der Waals surface area contributed by atoms with Gasteiger partial charge >= 0.3 is 0 Å². The van der Waals surface area contributed by atoms with E-state index >= 15 is 0 Å². The molecule has 1 aromatic carbocycles. The van der Waals surface area contributed by atoms with E-state index in [4.69, 9.17) is 9.47 Å². The van der Waals surface area contributed by atoms with Crippen molar-refractivity contribution in [2.45, 2.75) is 19.1 Å². The van der Waals surface area contributed by atoms with Crippen LogP contribution in [0.25, 0.3) is 0 Å². The molecule has 1 aliphatic heterocycles.